The molecule has 34 heavy (non-hydrogen) atoms. The summed E-state index contributed by atoms with van der Waals surface area (Å²) in [6, 6.07) is 6.58. The minimum atomic E-state index is -0.720. The van der Waals surface area contributed by atoms with Crippen molar-refractivity contribution in [2.75, 3.05) is 23.7 Å². The van der Waals surface area contributed by atoms with Gasteiger partial charge in [-0.1, -0.05) is 6.07 Å². The Kier molecular flexibility index (Phi) is 6.28. The molecule has 0 bridgehead atoms. The number of pyridine rings is 2. The smallest absolute Gasteiger partial charge is 0.294 e. The van der Waals surface area contributed by atoms with Gasteiger partial charge in [0.15, 0.2) is 5.58 Å². The molecule has 3 aromatic rings. The van der Waals surface area contributed by atoms with Gasteiger partial charge >= 0.3 is 0 Å². The number of amides is 2. The number of nitrogens with zero attached hydrogens (tertiary/aromatic N) is 3. The van der Waals surface area contributed by atoms with Gasteiger partial charge in [-0.3, -0.25) is 9.59 Å². The number of carbonyl (C=O) groups excluding carboxylic acids is 2. The van der Waals surface area contributed by atoms with Crippen LogP contribution < -0.4 is 10.6 Å². The van der Waals surface area contributed by atoms with Crippen LogP contribution in [0.15, 0.2) is 34.9 Å². The van der Waals surface area contributed by atoms with Crippen molar-refractivity contribution in [1.29, 1.82) is 0 Å². The molecule has 0 atom stereocenters. The molecule has 1 aliphatic heterocycles. The van der Waals surface area contributed by atoms with Crippen molar-refractivity contribution in [1.82, 2.24) is 14.9 Å². The van der Waals surface area contributed by atoms with Gasteiger partial charge < -0.3 is 20.0 Å². The summed E-state index contributed by atoms with van der Waals surface area (Å²) < 4.78 is 19.6. The Balaban J connectivity index is 1.35. The Labute approximate surface area is 196 Å². The van der Waals surface area contributed by atoms with Gasteiger partial charge in [-0.25, -0.2) is 9.97 Å². The number of nitrogens with one attached hydrogen (secondary N) is 2. The largest absolute Gasteiger partial charge is 0.447 e. The van der Waals surface area contributed by atoms with Crippen LogP contribution >= 0.6 is 0 Å². The molecule has 1 saturated carbocycles. The Morgan fingerprint density at radius 2 is 1.82 bits per heavy atom. The third-order valence-corrected chi connectivity index (χ3v) is 6.83. The Morgan fingerprint density at radius 1 is 1.06 bits per heavy atom. The first-order chi connectivity index (χ1) is 16.5. The predicted molar refractivity (Wildman–Crippen MR) is 126 cm³/mol. The second kappa shape index (κ2) is 9.50. The van der Waals surface area contributed by atoms with E-state index in [0.29, 0.717) is 11.9 Å². The molecule has 0 unspecified atom stereocenters. The molecule has 1 aliphatic carbocycles. The van der Waals surface area contributed by atoms with Gasteiger partial charge in [-0.05, 0) is 82.3 Å². The molecule has 2 fully saturated rings. The molecule has 2 aliphatic rings. The molecule has 0 radical (unpaired) electrons. The van der Waals surface area contributed by atoms with E-state index < -0.39 is 11.9 Å². The number of likely N-dealkylation sites (tertiary alicyclic amines) is 1. The van der Waals surface area contributed by atoms with Crippen molar-refractivity contribution < 1.29 is 18.4 Å². The zero-order chi connectivity index (χ0) is 23.7. The maximum atomic E-state index is 13.9. The number of hydrogen-bond donors (Lipinski definition) is 2. The number of fused-ring (bicyclic) bond motifs is 1. The second-order valence-electron chi connectivity index (χ2n) is 9.20. The normalized spacial score (nSPS) is 21.0. The minimum Gasteiger partial charge on any atom is -0.447 e. The lowest BCUT2D eigenvalue weighted by Crippen LogP contribution is -2.38. The van der Waals surface area contributed by atoms with Crippen molar-refractivity contribution in [2.45, 2.75) is 51.5 Å². The summed E-state index contributed by atoms with van der Waals surface area (Å²) in [4.78, 5) is 36.8. The van der Waals surface area contributed by atoms with E-state index in [-0.39, 0.29) is 34.4 Å². The monoisotopic (exact) mass is 465 g/mol. The van der Waals surface area contributed by atoms with Crippen LogP contribution in [0.4, 0.5) is 15.9 Å². The molecule has 1 saturated heterocycles. The van der Waals surface area contributed by atoms with Crippen LogP contribution in [0.25, 0.3) is 11.1 Å². The number of hydrogen-bond acceptors (Lipinski definition) is 6. The van der Waals surface area contributed by atoms with Crippen LogP contribution in [-0.4, -0.2) is 45.8 Å². The molecule has 9 heteroatoms. The number of anilines is 2. The van der Waals surface area contributed by atoms with Gasteiger partial charge in [0.25, 0.3) is 5.91 Å². The molecule has 2 N–H and O–H groups in total. The van der Waals surface area contributed by atoms with Crippen LogP contribution in [0.2, 0.25) is 0 Å². The summed E-state index contributed by atoms with van der Waals surface area (Å²) in [5, 5.41) is 5.50. The molecule has 178 valence electrons. The van der Waals surface area contributed by atoms with Crippen LogP contribution in [0, 0.1) is 18.8 Å². The minimum absolute atomic E-state index is 0.0887. The van der Waals surface area contributed by atoms with Crippen molar-refractivity contribution in [3.63, 3.8) is 0 Å². The maximum absolute atomic E-state index is 13.9. The lowest BCUT2D eigenvalue weighted by Gasteiger charge is -2.33. The van der Waals surface area contributed by atoms with E-state index in [0.717, 1.165) is 50.4 Å². The lowest BCUT2D eigenvalue weighted by atomic mass is 9.85. The van der Waals surface area contributed by atoms with Gasteiger partial charge in [0.1, 0.15) is 17.0 Å². The van der Waals surface area contributed by atoms with E-state index in [1.807, 2.05) is 13.0 Å². The first-order valence-electron chi connectivity index (χ1n) is 11.9. The lowest BCUT2D eigenvalue weighted by molar-refractivity contribution is -0.121. The number of aryl methyl sites for hydroxylation is 1. The third kappa shape index (κ3) is 4.65. The number of halogens is 1. The number of carbonyl (C=O) groups is 2. The zero-order valence-electron chi connectivity index (χ0n) is 19.1. The molecule has 3 aromatic heterocycles. The van der Waals surface area contributed by atoms with Gasteiger partial charge in [0, 0.05) is 18.2 Å². The molecule has 0 aromatic carbocycles. The van der Waals surface area contributed by atoms with Crippen molar-refractivity contribution in [3.05, 3.63) is 47.7 Å². The van der Waals surface area contributed by atoms with E-state index in [2.05, 4.69) is 25.5 Å². The highest BCUT2D eigenvalue weighted by Gasteiger charge is 2.32. The number of furan rings is 1. The fraction of sp³-hybridized carbons (Fsp3) is 0.440. The molecule has 0 spiro atoms. The summed E-state index contributed by atoms with van der Waals surface area (Å²) in [7, 11) is 0. The molecule has 4 heterocycles. The standard InChI is InChI=1S/C25H28FN5O3/c1-15-4-11-20(27-14-15)29-25(33)23-22(21-18(34-23)9-10-19(26)28-21)30-24(32)16-5-7-17(8-6-16)31-12-2-3-13-31/h4,9-11,14,16-17H,2-3,5-8,12-13H2,1H3,(H,30,32)(H,27,29,33). The average Bonchev–Trinajstić information content (AvgIpc) is 3.49. The number of rotatable bonds is 5. The maximum Gasteiger partial charge on any atom is 0.294 e. The van der Waals surface area contributed by atoms with Crippen molar-refractivity contribution in [3.8, 4) is 0 Å². The van der Waals surface area contributed by atoms with Crippen molar-refractivity contribution in [2.24, 2.45) is 5.92 Å². The van der Waals surface area contributed by atoms with E-state index in [1.165, 1.54) is 18.9 Å². The highest BCUT2D eigenvalue weighted by molar-refractivity contribution is 6.13. The molecule has 2 amide bonds. The van der Waals surface area contributed by atoms with Crippen LogP contribution in [-0.2, 0) is 4.79 Å². The Hall–Kier alpha value is -3.33. The first-order valence-corrected chi connectivity index (χ1v) is 11.9. The van der Waals surface area contributed by atoms with Gasteiger partial charge in [0.05, 0.1) is 0 Å². The fourth-order valence-corrected chi connectivity index (χ4v) is 4.98. The molecular weight excluding hydrogens is 437 g/mol. The topological polar surface area (TPSA) is 100 Å². The van der Waals surface area contributed by atoms with Gasteiger partial charge in [-0.15, -0.1) is 0 Å². The molecular formula is C25H28FN5O3. The first kappa shape index (κ1) is 22.5. The highest BCUT2D eigenvalue weighted by atomic mass is 19.1. The fourth-order valence-electron chi connectivity index (χ4n) is 4.98. The van der Waals surface area contributed by atoms with E-state index in [1.54, 1.807) is 12.3 Å². The second-order valence-corrected chi connectivity index (χ2v) is 9.20. The summed E-state index contributed by atoms with van der Waals surface area (Å²) >= 11 is 0. The van der Waals surface area contributed by atoms with E-state index in [9.17, 15) is 14.0 Å². The highest BCUT2D eigenvalue weighted by Crippen LogP contribution is 2.34. The molecule has 8 nitrogen and oxygen atoms in total. The quantitative estimate of drug-likeness (QED) is 0.538. The summed E-state index contributed by atoms with van der Waals surface area (Å²) in [5.74, 6) is -1.48. The van der Waals surface area contributed by atoms with E-state index >= 15 is 0 Å². The van der Waals surface area contributed by atoms with Crippen LogP contribution in [0.1, 0.15) is 54.6 Å². The SMILES string of the molecule is Cc1ccc(NC(=O)c2oc3ccc(F)nc3c2NC(=O)C2CCC(N3CCCC3)CC2)nc1. The Bertz CT molecular complexity index is 1200. The predicted octanol–water partition coefficient (Wildman–Crippen LogP) is 4.52. The van der Waals surface area contributed by atoms with Crippen LogP contribution in [0.3, 0.4) is 0 Å². The Morgan fingerprint density at radius 3 is 2.53 bits per heavy atom. The zero-order valence-corrected chi connectivity index (χ0v) is 19.1. The van der Waals surface area contributed by atoms with E-state index in [4.69, 9.17) is 4.42 Å². The molecule has 5 rings (SSSR count). The summed E-state index contributed by atoms with van der Waals surface area (Å²) in [6.45, 7) is 4.19. The van der Waals surface area contributed by atoms with Gasteiger partial charge in [0.2, 0.25) is 17.6 Å². The average molecular weight is 466 g/mol. The summed E-state index contributed by atoms with van der Waals surface area (Å²) in [6.07, 6.45) is 7.64. The van der Waals surface area contributed by atoms with Crippen LogP contribution in [0.5, 0.6) is 0 Å². The third-order valence-electron chi connectivity index (χ3n) is 6.83. The van der Waals surface area contributed by atoms with Gasteiger partial charge in [-0.2, -0.15) is 4.39 Å². The summed E-state index contributed by atoms with van der Waals surface area (Å²) in [5.41, 5.74) is 1.37. The van der Waals surface area contributed by atoms with Crippen molar-refractivity contribution >= 4 is 34.4 Å². The number of aromatic nitrogens is 2.